The van der Waals surface area contributed by atoms with E-state index < -0.39 is 0 Å². The quantitative estimate of drug-likeness (QED) is 0.315. The minimum atomic E-state index is 0. The minimum absolute atomic E-state index is 0. The number of hydrogen-bond donors (Lipinski definition) is 2. The van der Waals surface area contributed by atoms with E-state index in [1.165, 1.54) is 24.8 Å². The van der Waals surface area contributed by atoms with Crippen LogP contribution in [0, 0.1) is 6.92 Å². The topological polar surface area (TPSA) is 68.2 Å². The van der Waals surface area contributed by atoms with Crippen LogP contribution in [-0.2, 0) is 6.54 Å². The predicted molar refractivity (Wildman–Crippen MR) is 91.0 cm³/mol. The fraction of sp³-hybridized carbons (Fsp3) is 0.692. The van der Waals surface area contributed by atoms with Crippen molar-refractivity contribution in [1.29, 1.82) is 0 Å². The van der Waals surface area contributed by atoms with Crippen molar-refractivity contribution in [3.05, 3.63) is 18.0 Å². The van der Waals surface area contributed by atoms with E-state index in [0.29, 0.717) is 5.96 Å². The Labute approximate surface area is 133 Å². The molecular formula is C13H26IN5. The number of unbranched alkanes of at least 4 members (excludes halogenated alkanes) is 3. The van der Waals surface area contributed by atoms with Crippen LogP contribution in [0.1, 0.15) is 38.2 Å². The molecule has 0 fully saturated rings. The first-order valence-corrected chi connectivity index (χ1v) is 6.75. The summed E-state index contributed by atoms with van der Waals surface area (Å²) in [6, 6.07) is 0. The van der Waals surface area contributed by atoms with E-state index in [1.807, 2.05) is 24.0 Å². The van der Waals surface area contributed by atoms with Gasteiger partial charge in [-0.1, -0.05) is 26.2 Å². The minimum Gasteiger partial charge on any atom is -0.370 e. The summed E-state index contributed by atoms with van der Waals surface area (Å²) < 4.78 is 1.90. The Morgan fingerprint density at radius 2 is 2.21 bits per heavy atom. The highest BCUT2D eigenvalue weighted by Gasteiger charge is 1.95. The summed E-state index contributed by atoms with van der Waals surface area (Å²) >= 11 is 0. The third kappa shape index (κ3) is 8.85. The zero-order valence-electron chi connectivity index (χ0n) is 11.9. The summed E-state index contributed by atoms with van der Waals surface area (Å²) in [7, 11) is 0. The molecule has 0 saturated heterocycles. The van der Waals surface area contributed by atoms with Crippen LogP contribution in [0.2, 0.25) is 0 Å². The molecule has 0 aliphatic carbocycles. The van der Waals surface area contributed by atoms with Crippen molar-refractivity contribution in [2.45, 2.75) is 46.1 Å². The maximum Gasteiger partial charge on any atom is 0.188 e. The third-order valence-electron chi connectivity index (χ3n) is 2.70. The number of nitrogens with two attached hydrogens (primary N) is 1. The summed E-state index contributed by atoms with van der Waals surface area (Å²) in [6.07, 6.45) is 8.75. The fourth-order valence-electron chi connectivity index (χ4n) is 1.68. The van der Waals surface area contributed by atoms with E-state index in [2.05, 4.69) is 22.3 Å². The first kappa shape index (κ1) is 18.2. The number of guanidine groups is 1. The van der Waals surface area contributed by atoms with Gasteiger partial charge in [0.15, 0.2) is 5.96 Å². The van der Waals surface area contributed by atoms with Gasteiger partial charge in [-0.15, -0.1) is 24.0 Å². The molecule has 0 aliphatic rings. The van der Waals surface area contributed by atoms with E-state index >= 15 is 0 Å². The van der Waals surface area contributed by atoms with Crippen molar-refractivity contribution in [2.75, 3.05) is 13.1 Å². The van der Waals surface area contributed by atoms with Gasteiger partial charge in [-0.2, -0.15) is 5.10 Å². The summed E-state index contributed by atoms with van der Waals surface area (Å²) in [6.45, 7) is 6.62. The number of hydrogen-bond acceptors (Lipinski definition) is 2. The zero-order valence-corrected chi connectivity index (χ0v) is 14.3. The highest BCUT2D eigenvalue weighted by Crippen LogP contribution is 1.98. The van der Waals surface area contributed by atoms with Crippen LogP contribution in [0.5, 0.6) is 0 Å². The van der Waals surface area contributed by atoms with Crippen molar-refractivity contribution < 1.29 is 0 Å². The average molecular weight is 379 g/mol. The maximum absolute atomic E-state index is 5.77. The number of aliphatic imine (C=N–C) groups is 1. The molecule has 3 N–H and O–H groups in total. The molecule has 0 unspecified atom stereocenters. The molecule has 1 heterocycles. The molecule has 110 valence electrons. The van der Waals surface area contributed by atoms with Gasteiger partial charge in [-0.05, 0) is 18.9 Å². The summed E-state index contributed by atoms with van der Waals surface area (Å²) in [5.41, 5.74) is 6.94. The van der Waals surface area contributed by atoms with Crippen molar-refractivity contribution in [1.82, 2.24) is 15.1 Å². The fourth-order valence-corrected chi connectivity index (χ4v) is 1.68. The van der Waals surface area contributed by atoms with E-state index in [0.717, 1.165) is 26.1 Å². The normalized spacial score (nSPS) is 11.2. The van der Waals surface area contributed by atoms with E-state index in [1.54, 1.807) is 0 Å². The lowest BCUT2D eigenvalue weighted by molar-refractivity contribution is 0.600. The highest BCUT2D eigenvalue weighted by molar-refractivity contribution is 14.0. The van der Waals surface area contributed by atoms with Gasteiger partial charge in [0.05, 0.1) is 12.7 Å². The molecule has 19 heavy (non-hydrogen) atoms. The highest BCUT2D eigenvalue weighted by atomic mass is 127. The molecule has 0 atom stereocenters. The predicted octanol–water partition coefficient (Wildman–Crippen LogP) is 2.29. The van der Waals surface area contributed by atoms with Crippen molar-refractivity contribution in [2.24, 2.45) is 10.7 Å². The monoisotopic (exact) mass is 379 g/mol. The Balaban J connectivity index is 0.00000324. The molecule has 0 spiro atoms. The first-order chi connectivity index (χ1) is 8.72. The molecule has 1 aromatic heterocycles. The van der Waals surface area contributed by atoms with E-state index in [9.17, 15) is 0 Å². The Hall–Kier alpha value is -0.790. The van der Waals surface area contributed by atoms with Crippen LogP contribution < -0.4 is 11.1 Å². The van der Waals surface area contributed by atoms with Crippen LogP contribution in [0.4, 0.5) is 0 Å². The maximum atomic E-state index is 5.77. The Bertz CT molecular complexity index is 362. The summed E-state index contributed by atoms with van der Waals surface area (Å²) in [4.78, 5) is 4.29. The van der Waals surface area contributed by atoms with Gasteiger partial charge >= 0.3 is 0 Å². The molecule has 1 rings (SSSR count). The molecule has 5 nitrogen and oxygen atoms in total. The largest absolute Gasteiger partial charge is 0.370 e. The van der Waals surface area contributed by atoms with E-state index in [-0.39, 0.29) is 24.0 Å². The van der Waals surface area contributed by atoms with Crippen molar-refractivity contribution in [3.8, 4) is 0 Å². The summed E-state index contributed by atoms with van der Waals surface area (Å²) in [5, 5.41) is 7.30. The molecule has 6 heteroatoms. The molecule has 0 bridgehead atoms. The first-order valence-electron chi connectivity index (χ1n) is 6.75. The standard InChI is InChI=1S/C13H25N5.HI/c1-3-4-5-6-7-15-13(14)16-8-9-18-11-12(2)10-17-18;/h10-11H,3-9H2,1-2H3,(H3,14,15,16);1H. The second-order valence-electron chi connectivity index (χ2n) is 4.54. The number of aromatic nitrogens is 2. The van der Waals surface area contributed by atoms with Crippen LogP contribution in [0.25, 0.3) is 0 Å². The van der Waals surface area contributed by atoms with Gasteiger partial charge in [0, 0.05) is 19.3 Å². The van der Waals surface area contributed by atoms with Crippen LogP contribution in [0.3, 0.4) is 0 Å². The lowest BCUT2D eigenvalue weighted by Gasteiger charge is -2.05. The molecule has 0 aliphatic heterocycles. The third-order valence-corrected chi connectivity index (χ3v) is 2.70. The lowest BCUT2D eigenvalue weighted by atomic mass is 10.2. The number of halogens is 1. The average Bonchev–Trinajstić information content (AvgIpc) is 2.75. The number of nitrogens with one attached hydrogen (secondary N) is 1. The zero-order chi connectivity index (χ0) is 13.2. The van der Waals surface area contributed by atoms with Crippen LogP contribution in [0.15, 0.2) is 17.4 Å². The Morgan fingerprint density at radius 1 is 1.42 bits per heavy atom. The summed E-state index contributed by atoms with van der Waals surface area (Å²) in [5.74, 6) is 0.537. The smallest absolute Gasteiger partial charge is 0.188 e. The van der Waals surface area contributed by atoms with Crippen LogP contribution in [-0.4, -0.2) is 28.8 Å². The van der Waals surface area contributed by atoms with Gasteiger partial charge in [0.2, 0.25) is 0 Å². The molecule has 0 radical (unpaired) electrons. The van der Waals surface area contributed by atoms with Crippen LogP contribution >= 0.6 is 24.0 Å². The Morgan fingerprint density at radius 3 is 2.84 bits per heavy atom. The number of rotatable bonds is 8. The second-order valence-corrected chi connectivity index (χ2v) is 4.54. The van der Waals surface area contributed by atoms with Gasteiger partial charge in [0.25, 0.3) is 0 Å². The van der Waals surface area contributed by atoms with Crippen molar-refractivity contribution >= 4 is 29.9 Å². The van der Waals surface area contributed by atoms with Gasteiger partial charge in [0.1, 0.15) is 0 Å². The molecule has 0 saturated carbocycles. The van der Waals surface area contributed by atoms with Gasteiger partial charge in [-0.3, -0.25) is 9.67 Å². The van der Waals surface area contributed by atoms with Gasteiger partial charge < -0.3 is 11.1 Å². The van der Waals surface area contributed by atoms with E-state index in [4.69, 9.17) is 5.73 Å². The Kier molecular flexibility index (Phi) is 10.6. The molecule has 0 amide bonds. The molecule has 1 aromatic rings. The number of aryl methyl sites for hydroxylation is 1. The molecule has 0 aromatic carbocycles. The second kappa shape index (κ2) is 11.1. The number of nitrogens with zero attached hydrogens (tertiary/aromatic N) is 3. The SMILES string of the molecule is CCCCCCN=C(N)NCCn1cc(C)cn1.I. The van der Waals surface area contributed by atoms with Crippen molar-refractivity contribution in [3.63, 3.8) is 0 Å². The lowest BCUT2D eigenvalue weighted by Crippen LogP contribution is -2.34. The van der Waals surface area contributed by atoms with Gasteiger partial charge in [-0.25, -0.2) is 0 Å². The molecular weight excluding hydrogens is 353 g/mol.